The van der Waals surface area contributed by atoms with Gasteiger partial charge in [-0.05, 0) is 99.9 Å². The van der Waals surface area contributed by atoms with Crippen LogP contribution in [0.15, 0.2) is 98.6 Å². The number of hydrogen-bond acceptors (Lipinski definition) is 14. The highest BCUT2D eigenvalue weighted by Gasteiger charge is 2.32. The summed E-state index contributed by atoms with van der Waals surface area (Å²) in [4.78, 5) is 66.1. The zero-order valence-electron chi connectivity index (χ0n) is 36.7. The van der Waals surface area contributed by atoms with Crippen LogP contribution in [0.3, 0.4) is 0 Å². The standard InChI is InChI=1S/C50H60N4O10/c1-3-45(55)61-31-17-11-7-5-9-15-29-59-41-25-21-37(22-26-41)47-51-33-39(34-52-47)49(57)63-43-19-13-14-20-44(43)64-50(58)40-35-53-48(54-36-40)38-23-27-42(28-24-38)60-30-16-10-6-8-12-18-32-62-46(56)4-2/h3-4,21-28,33-36,43-44H,1-2,5-20,29-32H2/t43-,44-/m1/s1. The topological polar surface area (TPSA) is 175 Å². The summed E-state index contributed by atoms with van der Waals surface area (Å²) in [5.41, 5.74) is 1.95. The number of unbranched alkanes of at least 4 members (excludes halogenated alkanes) is 10. The van der Waals surface area contributed by atoms with Gasteiger partial charge < -0.3 is 28.4 Å². The Labute approximate surface area is 375 Å². The molecule has 14 nitrogen and oxygen atoms in total. The molecule has 4 aromatic rings. The van der Waals surface area contributed by atoms with Crippen LogP contribution >= 0.6 is 0 Å². The molecule has 0 unspecified atom stereocenters. The van der Waals surface area contributed by atoms with E-state index in [0.717, 1.165) is 113 Å². The fourth-order valence-corrected chi connectivity index (χ4v) is 6.97. The summed E-state index contributed by atoms with van der Waals surface area (Å²) in [5.74, 6) is 0.495. The lowest BCUT2D eigenvalue weighted by Gasteiger charge is -2.30. The molecule has 340 valence electrons. The first-order valence-corrected chi connectivity index (χ1v) is 22.4. The van der Waals surface area contributed by atoms with Crippen LogP contribution in [-0.4, -0.2) is 82.4 Å². The SMILES string of the molecule is C=CC(=O)OCCCCCCCCOc1ccc(-c2ncc(C(=O)O[C@@H]3CCCC[C@H]3OC(=O)c3cnc(-c4ccc(OCCCCCCCCOC(=O)C=C)cc4)nc3)cn2)cc1. The van der Waals surface area contributed by atoms with Gasteiger partial charge in [-0.15, -0.1) is 0 Å². The van der Waals surface area contributed by atoms with E-state index in [1.165, 1.54) is 36.9 Å². The molecule has 1 saturated carbocycles. The Morgan fingerprint density at radius 2 is 0.812 bits per heavy atom. The zero-order chi connectivity index (χ0) is 45.2. The largest absolute Gasteiger partial charge is 0.494 e. The molecular formula is C50H60N4O10. The molecule has 0 amide bonds. The van der Waals surface area contributed by atoms with Crippen molar-refractivity contribution in [2.75, 3.05) is 26.4 Å². The van der Waals surface area contributed by atoms with Crippen molar-refractivity contribution in [3.8, 4) is 34.3 Å². The maximum atomic E-state index is 13.2. The average Bonchev–Trinajstić information content (AvgIpc) is 3.33. The van der Waals surface area contributed by atoms with E-state index in [4.69, 9.17) is 28.4 Å². The summed E-state index contributed by atoms with van der Waals surface area (Å²) in [6.07, 6.45) is 21.8. The van der Waals surface area contributed by atoms with Crippen LogP contribution in [-0.2, 0) is 28.5 Å². The van der Waals surface area contributed by atoms with Crippen molar-refractivity contribution in [2.45, 2.75) is 115 Å². The third-order valence-electron chi connectivity index (χ3n) is 10.6. The predicted molar refractivity (Wildman–Crippen MR) is 241 cm³/mol. The first-order valence-electron chi connectivity index (χ1n) is 22.4. The molecular weight excluding hydrogens is 817 g/mol. The molecule has 1 fully saturated rings. The number of carbonyl (C=O) groups excluding carboxylic acids is 4. The van der Waals surface area contributed by atoms with E-state index in [2.05, 4.69) is 33.1 Å². The molecule has 64 heavy (non-hydrogen) atoms. The second kappa shape index (κ2) is 27.6. The van der Waals surface area contributed by atoms with Gasteiger partial charge in [0, 0.05) is 48.1 Å². The fraction of sp³-hybridized carbons (Fsp3) is 0.440. The molecule has 2 aromatic carbocycles. The van der Waals surface area contributed by atoms with Crippen molar-refractivity contribution < 1.29 is 47.6 Å². The highest BCUT2D eigenvalue weighted by atomic mass is 16.6. The van der Waals surface area contributed by atoms with Gasteiger partial charge in [0.25, 0.3) is 0 Å². The summed E-state index contributed by atoms with van der Waals surface area (Å²) < 4.78 is 33.5. The van der Waals surface area contributed by atoms with Gasteiger partial charge in [-0.3, -0.25) is 0 Å². The molecule has 0 aliphatic heterocycles. The van der Waals surface area contributed by atoms with E-state index in [1.807, 2.05) is 48.5 Å². The van der Waals surface area contributed by atoms with Gasteiger partial charge >= 0.3 is 23.9 Å². The highest BCUT2D eigenvalue weighted by Crippen LogP contribution is 2.27. The van der Waals surface area contributed by atoms with Crippen LogP contribution in [0.25, 0.3) is 22.8 Å². The Balaban J connectivity index is 0.987. The van der Waals surface area contributed by atoms with E-state index >= 15 is 0 Å². The molecule has 0 saturated heterocycles. The monoisotopic (exact) mass is 876 g/mol. The third kappa shape index (κ3) is 17.0. The quantitative estimate of drug-likeness (QED) is 0.0228. The van der Waals surface area contributed by atoms with Crippen LogP contribution in [0.5, 0.6) is 11.5 Å². The lowest BCUT2D eigenvalue weighted by Crippen LogP contribution is -2.38. The molecule has 14 heteroatoms. The Kier molecular flexibility index (Phi) is 20.9. The summed E-state index contributed by atoms with van der Waals surface area (Å²) in [7, 11) is 0. The van der Waals surface area contributed by atoms with E-state index in [0.29, 0.717) is 50.9 Å². The smallest absolute Gasteiger partial charge is 0.341 e. The minimum absolute atomic E-state index is 0.199. The van der Waals surface area contributed by atoms with Crippen LogP contribution < -0.4 is 9.47 Å². The second-order valence-corrected chi connectivity index (χ2v) is 15.5. The Morgan fingerprint density at radius 1 is 0.484 bits per heavy atom. The van der Waals surface area contributed by atoms with Crippen molar-refractivity contribution in [2.24, 2.45) is 0 Å². The normalized spacial score (nSPS) is 14.4. The van der Waals surface area contributed by atoms with Crippen LogP contribution in [0.4, 0.5) is 0 Å². The van der Waals surface area contributed by atoms with Crippen molar-refractivity contribution in [3.63, 3.8) is 0 Å². The first kappa shape index (κ1) is 48.6. The second-order valence-electron chi connectivity index (χ2n) is 15.5. The van der Waals surface area contributed by atoms with Gasteiger partial charge in [0.05, 0.1) is 37.6 Å². The van der Waals surface area contributed by atoms with Crippen LogP contribution in [0.1, 0.15) is 123 Å². The van der Waals surface area contributed by atoms with Crippen LogP contribution in [0, 0.1) is 0 Å². The number of esters is 4. The van der Waals surface area contributed by atoms with E-state index in [-0.39, 0.29) is 23.1 Å². The Bertz CT molecular complexity index is 1910. The first-order chi connectivity index (χ1) is 31.3. The number of aromatic nitrogens is 4. The van der Waals surface area contributed by atoms with Gasteiger partial charge in [0.1, 0.15) is 23.7 Å². The minimum atomic E-state index is -0.619. The third-order valence-corrected chi connectivity index (χ3v) is 10.6. The molecule has 0 N–H and O–H groups in total. The summed E-state index contributed by atoms with van der Waals surface area (Å²) >= 11 is 0. The number of nitrogens with zero attached hydrogens (tertiary/aromatic N) is 4. The molecule has 0 spiro atoms. The number of carbonyl (C=O) groups is 4. The van der Waals surface area contributed by atoms with Gasteiger partial charge in [0.2, 0.25) is 0 Å². The molecule has 2 atom stereocenters. The lowest BCUT2D eigenvalue weighted by molar-refractivity contribution is -0.138. The van der Waals surface area contributed by atoms with Gasteiger partial charge in [-0.25, -0.2) is 39.1 Å². The van der Waals surface area contributed by atoms with Crippen molar-refractivity contribution in [1.82, 2.24) is 19.9 Å². The van der Waals surface area contributed by atoms with E-state index < -0.39 is 24.1 Å². The van der Waals surface area contributed by atoms with Gasteiger partial charge in [-0.1, -0.05) is 64.5 Å². The van der Waals surface area contributed by atoms with Gasteiger partial charge in [-0.2, -0.15) is 0 Å². The number of hydrogen-bond donors (Lipinski definition) is 0. The number of ether oxygens (including phenoxy) is 6. The molecule has 1 aliphatic rings. The summed E-state index contributed by atoms with van der Waals surface area (Å²) in [6.45, 7) is 8.88. The number of rotatable bonds is 28. The van der Waals surface area contributed by atoms with Gasteiger partial charge in [0.15, 0.2) is 11.6 Å². The maximum Gasteiger partial charge on any atom is 0.341 e. The molecule has 0 bridgehead atoms. The van der Waals surface area contributed by atoms with E-state index in [9.17, 15) is 19.2 Å². The summed E-state index contributed by atoms with van der Waals surface area (Å²) in [6, 6.07) is 15.0. The van der Waals surface area contributed by atoms with Crippen molar-refractivity contribution in [1.29, 1.82) is 0 Å². The molecule has 1 aliphatic carbocycles. The van der Waals surface area contributed by atoms with Crippen LogP contribution in [0.2, 0.25) is 0 Å². The lowest BCUT2D eigenvalue weighted by atomic mass is 9.94. The Hall–Kier alpha value is -6.44. The summed E-state index contributed by atoms with van der Waals surface area (Å²) in [5, 5.41) is 0. The predicted octanol–water partition coefficient (Wildman–Crippen LogP) is 9.82. The Morgan fingerprint density at radius 3 is 1.16 bits per heavy atom. The molecule has 2 aromatic heterocycles. The number of benzene rings is 2. The fourth-order valence-electron chi connectivity index (χ4n) is 6.97. The van der Waals surface area contributed by atoms with E-state index in [1.54, 1.807) is 0 Å². The minimum Gasteiger partial charge on any atom is -0.494 e. The van der Waals surface area contributed by atoms with Crippen molar-refractivity contribution >= 4 is 23.9 Å². The molecule has 5 rings (SSSR count). The zero-order valence-corrected chi connectivity index (χ0v) is 36.7. The maximum absolute atomic E-state index is 13.2. The average molecular weight is 877 g/mol. The molecule has 2 heterocycles. The highest BCUT2D eigenvalue weighted by molar-refractivity contribution is 5.90. The van der Waals surface area contributed by atoms with Crippen molar-refractivity contribution in [3.05, 3.63) is 110 Å². The molecule has 0 radical (unpaired) electrons.